The third-order valence-electron chi connectivity index (χ3n) is 6.71. The van der Waals surface area contributed by atoms with Gasteiger partial charge in [-0.2, -0.15) is 4.31 Å². The number of nitrogens with zero attached hydrogens (tertiary/aromatic N) is 3. The van der Waals surface area contributed by atoms with Crippen molar-refractivity contribution in [3.05, 3.63) is 23.3 Å². The molecule has 10 heteroatoms. The Hall–Kier alpha value is -1.72. The van der Waals surface area contributed by atoms with Gasteiger partial charge in [0.1, 0.15) is 12.4 Å². The van der Waals surface area contributed by atoms with E-state index in [-0.39, 0.29) is 32.3 Å². The van der Waals surface area contributed by atoms with Gasteiger partial charge in [-0.15, -0.1) is 0 Å². The normalized spacial score (nSPS) is 20.6. The van der Waals surface area contributed by atoms with Crippen LogP contribution in [-0.4, -0.2) is 107 Å². The molecule has 2 saturated heterocycles. The Bertz CT molecular complexity index is 932. The van der Waals surface area contributed by atoms with Crippen LogP contribution in [0.2, 0.25) is 0 Å². The van der Waals surface area contributed by atoms with Gasteiger partial charge >= 0.3 is 0 Å². The molecule has 9 nitrogen and oxygen atoms in total. The lowest BCUT2D eigenvalue weighted by molar-refractivity contribution is -0.137. The lowest BCUT2D eigenvalue weighted by Gasteiger charge is -2.35. The number of unbranched alkanes of at least 4 members (excludes halogenated alkanes) is 1. The Kier molecular flexibility index (Phi) is 10.4. The lowest BCUT2D eigenvalue weighted by atomic mass is 10.1. The predicted molar refractivity (Wildman–Crippen MR) is 134 cm³/mol. The van der Waals surface area contributed by atoms with E-state index in [1.165, 1.54) is 17.1 Å². The molecule has 2 aliphatic rings. The Morgan fingerprint density at radius 3 is 2.54 bits per heavy atom. The first-order valence-electron chi connectivity index (χ1n) is 12.6. The van der Waals surface area contributed by atoms with Crippen molar-refractivity contribution >= 4 is 15.9 Å². The highest BCUT2D eigenvalue weighted by atomic mass is 32.2. The predicted octanol–water partition coefficient (Wildman–Crippen LogP) is 2.05. The number of hydrogen-bond donors (Lipinski definition) is 0. The van der Waals surface area contributed by atoms with Crippen molar-refractivity contribution in [3.63, 3.8) is 0 Å². The minimum absolute atomic E-state index is 0.0460. The standard InChI is InChI=1S/C25H41N3O6S/c1-5-6-8-26-9-7-10-27(12-11-26)24(29)19-34-18-22-17-33-14-13-28(22)35(30,31)25-20(2)15-23(32-4)16-21(25)3/h15-16,22H,5-14,17-19H2,1-4H3/t22-/m0/s1. The average molecular weight is 512 g/mol. The number of hydrogen-bond acceptors (Lipinski definition) is 7. The zero-order chi connectivity index (χ0) is 25.4. The molecule has 35 heavy (non-hydrogen) atoms. The molecule has 3 rings (SSSR count). The highest BCUT2D eigenvalue weighted by Gasteiger charge is 2.36. The van der Waals surface area contributed by atoms with Crippen molar-refractivity contribution in [3.8, 4) is 5.75 Å². The van der Waals surface area contributed by atoms with Gasteiger partial charge < -0.3 is 24.0 Å². The lowest BCUT2D eigenvalue weighted by Crippen LogP contribution is -2.51. The van der Waals surface area contributed by atoms with Gasteiger partial charge in [0.2, 0.25) is 15.9 Å². The molecular weight excluding hydrogens is 470 g/mol. The molecule has 0 N–H and O–H groups in total. The van der Waals surface area contributed by atoms with Crippen LogP contribution in [0, 0.1) is 13.8 Å². The number of carbonyl (C=O) groups excluding carboxylic acids is 1. The number of benzene rings is 1. The maximum atomic E-state index is 13.6. The quantitative estimate of drug-likeness (QED) is 0.475. The summed E-state index contributed by atoms with van der Waals surface area (Å²) in [6.07, 6.45) is 3.30. The van der Waals surface area contributed by atoms with Crippen molar-refractivity contribution in [1.29, 1.82) is 0 Å². The molecule has 0 saturated carbocycles. The zero-order valence-electron chi connectivity index (χ0n) is 21.6. The third kappa shape index (κ3) is 7.16. The molecule has 0 bridgehead atoms. The van der Waals surface area contributed by atoms with E-state index in [0.29, 0.717) is 34.9 Å². The van der Waals surface area contributed by atoms with E-state index in [2.05, 4.69) is 11.8 Å². The second-order valence-electron chi connectivity index (χ2n) is 9.38. The molecule has 2 fully saturated rings. The Morgan fingerprint density at radius 1 is 1.11 bits per heavy atom. The molecule has 1 amide bonds. The van der Waals surface area contributed by atoms with Crippen LogP contribution in [0.4, 0.5) is 0 Å². The van der Waals surface area contributed by atoms with Crippen LogP contribution < -0.4 is 4.74 Å². The maximum absolute atomic E-state index is 13.6. The first kappa shape index (κ1) is 27.9. The number of morpholine rings is 1. The summed E-state index contributed by atoms with van der Waals surface area (Å²) < 4.78 is 45.3. The second-order valence-corrected chi connectivity index (χ2v) is 11.2. The molecule has 1 atom stereocenters. The summed E-state index contributed by atoms with van der Waals surface area (Å²) in [4.78, 5) is 17.3. The fourth-order valence-corrected chi connectivity index (χ4v) is 6.83. The fourth-order valence-electron chi connectivity index (χ4n) is 4.84. The van der Waals surface area contributed by atoms with Crippen LogP contribution >= 0.6 is 0 Å². The summed E-state index contributed by atoms with van der Waals surface area (Å²) in [6, 6.07) is 2.97. The fraction of sp³-hybridized carbons (Fsp3) is 0.720. The van der Waals surface area contributed by atoms with Gasteiger partial charge in [0.15, 0.2) is 0 Å². The number of sulfonamides is 1. The monoisotopic (exact) mass is 511 g/mol. The molecule has 2 aliphatic heterocycles. The summed E-state index contributed by atoms with van der Waals surface area (Å²) in [5.41, 5.74) is 1.27. The van der Waals surface area contributed by atoms with E-state index in [1.807, 2.05) is 4.90 Å². The molecule has 1 aromatic rings. The SMILES string of the molecule is CCCCN1CCCN(C(=O)COC[C@@H]2COCCN2S(=O)(=O)c2c(C)cc(OC)cc2C)CC1. The molecule has 0 aromatic heterocycles. The second kappa shape index (κ2) is 13.0. The topological polar surface area (TPSA) is 88.6 Å². The smallest absolute Gasteiger partial charge is 0.248 e. The summed E-state index contributed by atoms with van der Waals surface area (Å²) in [5, 5.41) is 0. The number of carbonyl (C=O) groups is 1. The number of aryl methyl sites for hydroxylation is 2. The molecule has 0 unspecified atom stereocenters. The molecule has 2 heterocycles. The van der Waals surface area contributed by atoms with E-state index >= 15 is 0 Å². The van der Waals surface area contributed by atoms with E-state index in [1.54, 1.807) is 33.1 Å². The third-order valence-corrected chi connectivity index (χ3v) is 8.97. The molecule has 0 aliphatic carbocycles. The van der Waals surface area contributed by atoms with Crippen LogP contribution in [0.25, 0.3) is 0 Å². The first-order chi connectivity index (χ1) is 16.8. The van der Waals surface area contributed by atoms with Crippen molar-refractivity contribution in [1.82, 2.24) is 14.1 Å². The average Bonchev–Trinajstić information content (AvgIpc) is 3.08. The van der Waals surface area contributed by atoms with Crippen molar-refractivity contribution in [2.24, 2.45) is 0 Å². The summed E-state index contributed by atoms with van der Waals surface area (Å²) in [7, 11) is -2.21. The van der Waals surface area contributed by atoms with E-state index in [0.717, 1.165) is 32.6 Å². The maximum Gasteiger partial charge on any atom is 0.248 e. The van der Waals surface area contributed by atoms with Gasteiger partial charge in [-0.3, -0.25) is 4.79 Å². The molecule has 1 aromatic carbocycles. The van der Waals surface area contributed by atoms with Gasteiger partial charge in [-0.25, -0.2) is 8.42 Å². The summed E-state index contributed by atoms with van der Waals surface area (Å²) in [5.74, 6) is 0.580. The zero-order valence-corrected chi connectivity index (χ0v) is 22.4. The van der Waals surface area contributed by atoms with Crippen LogP contribution in [0.5, 0.6) is 5.75 Å². The van der Waals surface area contributed by atoms with Gasteiger partial charge in [0.05, 0.1) is 37.9 Å². The van der Waals surface area contributed by atoms with Crippen molar-refractivity contribution in [2.45, 2.75) is 51.0 Å². The molecular formula is C25H41N3O6S. The van der Waals surface area contributed by atoms with E-state index < -0.39 is 16.1 Å². The summed E-state index contributed by atoms with van der Waals surface area (Å²) in [6.45, 7) is 11.0. The Morgan fingerprint density at radius 2 is 1.86 bits per heavy atom. The van der Waals surface area contributed by atoms with Crippen LogP contribution in [0.3, 0.4) is 0 Å². The van der Waals surface area contributed by atoms with Crippen LogP contribution in [0.1, 0.15) is 37.3 Å². The Balaban J connectivity index is 1.59. The number of ether oxygens (including phenoxy) is 3. The molecule has 198 valence electrons. The number of amides is 1. The summed E-state index contributed by atoms with van der Waals surface area (Å²) >= 11 is 0. The van der Waals surface area contributed by atoms with E-state index in [4.69, 9.17) is 14.2 Å². The van der Waals surface area contributed by atoms with Gasteiger partial charge in [-0.1, -0.05) is 13.3 Å². The van der Waals surface area contributed by atoms with Gasteiger partial charge in [0, 0.05) is 26.2 Å². The van der Waals surface area contributed by atoms with Gasteiger partial charge in [0.25, 0.3) is 0 Å². The minimum atomic E-state index is -3.77. The number of rotatable bonds is 10. The first-order valence-corrected chi connectivity index (χ1v) is 14.0. The van der Waals surface area contributed by atoms with Crippen molar-refractivity contribution in [2.75, 3.05) is 72.8 Å². The largest absolute Gasteiger partial charge is 0.497 e. The van der Waals surface area contributed by atoms with Crippen molar-refractivity contribution < 1.29 is 27.4 Å². The molecule has 0 radical (unpaired) electrons. The highest BCUT2D eigenvalue weighted by molar-refractivity contribution is 7.89. The van der Waals surface area contributed by atoms with Crippen LogP contribution in [0.15, 0.2) is 17.0 Å². The number of methoxy groups -OCH3 is 1. The van der Waals surface area contributed by atoms with E-state index in [9.17, 15) is 13.2 Å². The minimum Gasteiger partial charge on any atom is -0.497 e. The highest BCUT2D eigenvalue weighted by Crippen LogP contribution is 2.30. The van der Waals surface area contributed by atoms with Crippen LogP contribution in [-0.2, 0) is 24.3 Å². The molecule has 0 spiro atoms. The van der Waals surface area contributed by atoms with Gasteiger partial charge in [-0.05, 0) is 63.0 Å². The Labute approximate surface area is 210 Å².